The molecule has 0 saturated heterocycles. The van der Waals surface area contributed by atoms with Crippen LogP contribution in [-0.4, -0.2) is 17.2 Å². The van der Waals surface area contributed by atoms with Gasteiger partial charge in [-0.05, 0) is 25.7 Å². The smallest absolute Gasteiger partial charge is 0.550 e. The SMILES string of the molecule is CCCCCCCCCCCCCC(O)CCCC(=O)[O-].[Li+]. The van der Waals surface area contributed by atoms with Gasteiger partial charge in [0.1, 0.15) is 0 Å². The molecule has 0 saturated carbocycles. The third-order valence-corrected chi connectivity index (χ3v) is 4.06. The molecule has 0 aliphatic heterocycles. The molecule has 0 aromatic rings. The molecule has 0 radical (unpaired) electrons. The third kappa shape index (κ3) is 20.0. The average Bonchev–Trinajstić information content (AvgIpc) is 2.44. The Morgan fingerprint density at radius 1 is 0.818 bits per heavy atom. The second-order valence-electron chi connectivity index (χ2n) is 6.24. The van der Waals surface area contributed by atoms with Crippen LogP contribution in [0.4, 0.5) is 0 Å². The van der Waals surface area contributed by atoms with Crippen molar-refractivity contribution in [1.29, 1.82) is 0 Å². The van der Waals surface area contributed by atoms with E-state index in [1.807, 2.05) is 0 Å². The number of aliphatic hydroxyl groups excluding tert-OH is 1. The molecule has 3 nitrogen and oxygen atoms in total. The summed E-state index contributed by atoms with van der Waals surface area (Å²) < 4.78 is 0. The first-order valence-electron chi connectivity index (χ1n) is 9.04. The maximum absolute atomic E-state index is 10.2. The maximum Gasteiger partial charge on any atom is 1.00 e. The number of unbranched alkanes of at least 4 members (excludes halogenated alkanes) is 10. The summed E-state index contributed by atoms with van der Waals surface area (Å²) in [5, 5.41) is 19.9. The number of aliphatic hydroxyl groups is 1. The minimum atomic E-state index is -1.02. The Morgan fingerprint density at radius 2 is 1.23 bits per heavy atom. The second kappa shape index (κ2) is 19.1. The van der Waals surface area contributed by atoms with E-state index in [4.69, 9.17) is 0 Å². The van der Waals surface area contributed by atoms with E-state index >= 15 is 0 Å². The predicted molar refractivity (Wildman–Crippen MR) is 85.9 cm³/mol. The molecule has 0 amide bonds. The average molecular weight is 306 g/mol. The van der Waals surface area contributed by atoms with Crippen molar-refractivity contribution in [1.82, 2.24) is 0 Å². The van der Waals surface area contributed by atoms with Crippen LogP contribution >= 0.6 is 0 Å². The van der Waals surface area contributed by atoms with E-state index in [1.54, 1.807) is 0 Å². The largest absolute Gasteiger partial charge is 1.00 e. The molecule has 126 valence electrons. The summed E-state index contributed by atoms with van der Waals surface area (Å²) >= 11 is 0. The standard InChI is InChI=1S/C18H36O3.Li/c1-2-3-4-5-6-7-8-9-10-11-12-14-17(19)15-13-16-18(20)21;/h17,19H,2-16H2,1H3,(H,20,21);/q;+1/p-1. The summed E-state index contributed by atoms with van der Waals surface area (Å²) in [5.74, 6) is -1.02. The first kappa shape index (κ1) is 24.3. The van der Waals surface area contributed by atoms with Gasteiger partial charge in [0.15, 0.2) is 0 Å². The Bertz CT molecular complexity index is 234. The summed E-state index contributed by atoms with van der Waals surface area (Å²) in [6.45, 7) is 2.25. The number of carbonyl (C=O) groups excluding carboxylic acids is 1. The van der Waals surface area contributed by atoms with Crippen LogP contribution in [0.3, 0.4) is 0 Å². The van der Waals surface area contributed by atoms with Crippen molar-refractivity contribution in [2.75, 3.05) is 0 Å². The normalized spacial score (nSPS) is 11.9. The van der Waals surface area contributed by atoms with Gasteiger partial charge in [0.2, 0.25) is 0 Å². The van der Waals surface area contributed by atoms with Crippen molar-refractivity contribution >= 4 is 5.97 Å². The first-order chi connectivity index (χ1) is 10.2. The van der Waals surface area contributed by atoms with Crippen LogP contribution in [0.5, 0.6) is 0 Å². The van der Waals surface area contributed by atoms with Gasteiger partial charge in [-0.3, -0.25) is 0 Å². The van der Waals surface area contributed by atoms with E-state index in [1.165, 1.54) is 64.2 Å². The van der Waals surface area contributed by atoms with Crippen molar-refractivity contribution in [2.24, 2.45) is 0 Å². The fraction of sp³-hybridized carbons (Fsp3) is 0.944. The quantitative estimate of drug-likeness (QED) is 0.341. The fourth-order valence-electron chi connectivity index (χ4n) is 2.67. The second-order valence-corrected chi connectivity index (χ2v) is 6.24. The third-order valence-electron chi connectivity index (χ3n) is 4.06. The molecule has 0 spiro atoms. The van der Waals surface area contributed by atoms with E-state index in [0.29, 0.717) is 12.8 Å². The Labute approximate surface area is 149 Å². The van der Waals surface area contributed by atoms with Gasteiger partial charge in [0.05, 0.1) is 6.10 Å². The molecular formula is C18H35LiO3. The molecule has 22 heavy (non-hydrogen) atoms. The number of carbonyl (C=O) groups is 1. The number of carboxylic acids is 1. The molecule has 0 bridgehead atoms. The number of aliphatic carboxylic acids is 1. The van der Waals surface area contributed by atoms with E-state index < -0.39 is 5.97 Å². The minimum Gasteiger partial charge on any atom is -0.550 e. The van der Waals surface area contributed by atoms with Crippen molar-refractivity contribution in [3.63, 3.8) is 0 Å². The van der Waals surface area contributed by atoms with Crippen molar-refractivity contribution in [3.8, 4) is 0 Å². The molecule has 0 fully saturated rings. The van der Waals surface area contributed by atoms with Crippen LogP contribution < -0.4 is 24.0 Å². The van der Waals surface area contributed by atoms with Crippen LogP contribution in [0.25, 0.3) is 0 Å². The van der Waals surface area contributed by atoms with Gasteiger partial charge in [-0.25, -0.2) is 0 Å². The Balaban J connectivity index is 0. The first-order valence-corrected chi connectivity index (χ1v) is 9.04. The van der Waals surface area contributed by atoms with Gasteiger partial charge in [-0.1, -0.05) is 77.6 Å². The Hall–Kier alpha value is 0.0274. The molecule has 0 aliphatic carbocycles. The van der Waals surface area contributed by atoms with Gasteiger partial charge >= 0.3 is 18.9 Å². The summed E-state index contributed by atoms with van der Waals surface area (Å²) in [6.07, 6.45) is 16.1. The molecule has 0 heterocycles. The minimum absolute atomic E-state index is 0. The van der Waals surface area contributed by atoms with E-state index in [9.17, 15) is 15.0 Å². The predicted octanol–water partition coefficient (Wildman–Crippen LogP) is 0.973. The van der Waals surface area contributed by atoms with Crippen molar-refractivity contribution < 1.29 is 33.9 Å². The summed E-state index contributed by atoms with van der Waals surface area (Å²) in [6, 6.07) is 0. The fourth-order valence-corrected chi connectivity index (χ4v) is 2.67. The molecule has 0 aliphatic rings. The monoisotopic (exact) mass is 306 g/mol. The summed E-state index contributed by atoms with van der Waals surface area (Å²) in [5.41, 5.74) is 0. The molecule has 0 aromatic carbocycles. The molecule has 4 heteroatoms. The molecule has 0 rings (SSSR count). The molecular weight excluding hydrogens is 271 g/mol. The topological polar surface area (TPSA) is 60.4 Å². The van der Waals surface area contributed by atoms with Gasteiger partial charge in [0, 0.05) is 5.97 Å². The number of carboxylic acid groups (broad SMARTS) is 1. The number of hydrogen-bond donors (Lipinski definition) is 1. The number of rotatable bonds is 16. The van der Waals surface area contributed by atoms with Gasteiger partial charge in [-0.15, -0.1) is 0 Å². The van der Waals surface area contributed by atoms with Crippen LogP contribution in [0.15, 0.2) is 0 Å². The zero-order valence-corrected chi connectivity index (χ0v) is 14.9. The van der Waals surface area contributed by atoms with E-state index in [2.05, 4.69) is 6.92 Å². The maximum atomic E-state index is 10.2. The van der Waals surface area contributed by atoms with E-state index in [-0.39, 0.29) is 31.4 Å². The molecule has 1 N–H and O–H groups in total. The van der Waals surface area contributed by atoms with E-state index in [0.717, 1.165) is 12.8 Å². The molecule has 1 atom stereocenters. The summed E-state index contributed by atoms with van der Waals surface area (Å²) in [7, 11) is 0. The van der Waals surface area contributed by atoms with Crippen LogP contribution in [0.1, 0.15) is 103 Å². The number of hydrogen-bond acceptors (Lipinski definition) is 3. The Morgan fingerprint density at radius 3 is 1.68 bits per heavy atom. The zero-order chi connectivity index (χ0) is 15.8. The van der Waals surface area contributed by atoms with Crippen LogP contribution in [-0.2, 0) is 4.79 Å². The van der Waals surface area contributed by atoms with Crippen molar-refractivity contribution in [2.45, 2.75) is 109 Å². The Kier molecular flexibility index (Phi) is 21.1. The van der Waals surface area contributed by atoms with Gasteiger partial charge in [0.25, 0.3) is 0 Å². The molecule has 1 unspecified atom stereocenters. The molecule has 0 aromatic heterocycles. The van der Waals surface area contributed by atoms with Gasteiger partial charge < -0.3 is 15.0 Å². The van der Waals surface area contributed by atoms with Crippen LogP contribution in [0.2, 0.25) is 0 Å². The van der Waals surface area contributed by atoms with Crippen LogP contribution in [0, 0.1) is 0 Å². The summed E-state index contributed by atoms with van der Waals surface area (Å²) in [4.78, 5) is 10.2. The van der Waals surface area contributed by atoms with Gasteiger partial charge in [-0.2, -0.15) is 0 Å². The zero-order valence-electron chi connectivity index (χ0n) is 14.9. The van der Waals surface area contributed by atoms with Crippen molar-refractivity contribution in [3.05, 3.63) is 0 Å².